The number of rotatable bonds is 5. The molecule has 0 bridgehead atoms. The first-order valence-electron chi connectivity index (χ1n) is 6.79. The van der Waals surface area contributed by atoms with Gasteiger partial charge in [-0.2, -0.15) is 0 Å². The first-order valence-corrected chi connectivity index (χ1v) is 6.79. The van der Waals surface area contributed by atoms with E-state index in [4.69, 9.17) is 4.74 Å². The lowest BCUT2D eigenvalue weighted by Gasteiger charge is -2.15. The molecule has 0 aliphatic heterocycles. The Balaban J connectivity index is 2.19. The van der Waals surface area contributed by atoms with Gasteiger partial charge >= 0.3 is 0 Å². The molecule has 1 N–H and O–H groups in total. The zero-order valence-corrected chi connectivity index (χ0v) is 12.6. The van der Waals surface area contributed by atoms with E-state index in [1.807, 2.05) is 45.4 Å². The van der Waals surface area contributed by atoms with Crippen molar-refractivity contribution in [2.24, 2.45) is 0 Å². The van der Waals surface area contributed by atoms with Crippen LogP contribution in [0.15, 0.2) is 42.5 Å². The highest BCUT2D eigenvalue weighted by molar-refractivity contribution is 5.51. The Hall–Kier alpha value is -2.00. The van der Waals surface area contributed by atoms with Gasteiger partial charge in [0.2, 0.25) is 0 Å². The van der Waals surface area contributed by atoms with Gasteiger partial charge in [0.25, 0.3) is 0 Å². The zero-order chi connectivity index (χ0) is 14.5. The summed E-state index contributed by atoms with van der Waals surface area (Å²) >= 11 is 0. The van der Waals surface area contributed by atoms with Crippen LogP contribution in [0, 0.1) is 6.92 Å². The fraction of sp³-hybridized carbons (Fsp3) is 0.294. The zero-order valence-electron chi connectivity index (χ0n) is 12.6. The summed E-state index contributed by atoms with van der Waals surface area (Å²) in [7, 11) is 6.00. The Morgan fingerprint density at radius 3 is 2.55 bits per heavy atom. The Labute approximate surface area is 121 Å². The third kappa shape index (κ3) is 3.52. The van der Waals surface area contributed by atoms with Gasteiger partial charge in [-0.25, -0.2) is 0 Å². The van der Waals surface area contributed by atoms with Gasteiger partial charge in [0.1, 0.15) is 11.5 Å². The van der Waals surface area contributed by atoms with E-state index in [0.717, 1.165) is 29.3 Å². The summed E-state index contributed by atoms with van der Waals surface area (Å²) < 4.78 is 5.99. The number of nitrogens with zero attached hydrogens (tertiary/aromatic N) is 1. The average Bonchev–Trinajstić information content (AvgIpc) is 2.42. The molecule has 20 heavy (non-hydrogen) atoms. The van der Waals surface area contributed by atoms with Crippen LogP contribution in [0.5, 0.6) is 11.5 Å². The second-order valence-corrected chi connectivity index (χ2v) is 5.12. The van der Waals surface area contributed by atoms with Gasteiger partial charge < -0.3 is 15.0 Å². The van der Waals surface area contributed by atoms with Gasteiger partial charge in [-0.1, -0.05) is 18.2 Å². The number of aryl methyl sites for hydroxylation is 1. The molecule has 106 valence electrons. The van der Waals surface area contributed by atoms with Crippen molar-refractivity contribution < 1.29 is 4.74 Å². The monoisotopic (exact) mass is 270 g/mol. The van der Waals surface area contributed by atoms with Crippen molar-refractivity contribution in [3.8, 4) is 11.5 Å². The predicted molar refractivity (Wildman–Crippen MR) is 84.8 cm³/mol. The second kappa shape index (κ2) is 6.44. The lowest BCUT2D eigenvalue weighted by molar-refractivity contribution is 0.478. The molecule has 0 fully saturated rings. The minimum atomic E-state index is 0.862. The van der Waals surface area contributed by atoms with E-state index >= 15 is 0 Å². The van der Waals surface area contributed by atoms with Crippen molar-refractivity contribution in [2.75, 3.05) is 26.0 Å². The van der Waals surface area contributed by atoms with Crippen LogP contribution in [0.2, 0.25) is 0 Å². The molecule has 0 spiro atoms. The smallest absolute Gasteiger partial charge is 0.130 e. The van der Waals surface area contributed by atoms with Crippen molar-refractivity contribution in [1.82, 2.24) is 5.32 Å². The van der Waals surface area contributed by atoms with Crippen molar-refractivity contribution in [3.63, 3.8) is 0 Å². The Morgan fingerprint density at radius 1 is 1.10 bits per heavy atom. The molecule has 0 amide bonds. The van der Waals surface area contributed by atoms with Gasteiger partial charge in [-0.05, 0) is 43.3 Å². The van der Waals surface area contributed by atoms with E-state index in [2.05, 4.69) is 35.3 Å². The summed E-state index contributed by atoms with van der Waals surface area (Å²) in [6.07, 6.45) is 0. The first kappa shape index (κ1) is 14.4. The summed E-state index contributed by atoms with van der Waals surface area (Å²) in [5, 5.41) is 3.15. The summed E-state index contributed by atoms with van der Waals surface area (Å²) in [6.45, 7) is 2.95. The topological polar surface area (TPSA) is 24.5 Å². The minimum absolute atomic E-state index is 0.862. The van der Waals surface area contributed by atoms with Gasteiger partial charge in [0.05, 0.1) is 0 Å². The first-order chi connectivity index (χ1) is 9.60. The molecule has 0 atom stereocenters. The van der Waals surface area contributed by atoms with Gasteiger partial charge in [-0.15, -0.1) is 0 Å². The van der Waals surface area contributed by atoms with E-state index in [0.29, 0.717) is 0 Å². The molecule has 0 unspecified atom stereocenters. The summed E-state index contributed by atoms with van der Waals surface area (Å²) in [5.41, 5.74) is 3.54. The van der Waals surface area contributed by atoms with Crippen LogP contribution in [0.25, 0.3) is 0 Å². The van der Waals surface area contributed by atoms with Crippen molar-refractivity contribution >= 4 is 5.69 Å². The minimum Gasteiger partial charge on any atom is -0.457 e. The van der Waals surface area contributed by atoms with Gasteiger partial charge in [-0.3, -0.25) is 0 Å². The molecule has 2 rings (SSSR count). The molecule has 2 aromatic carbocycles. The molecular weight excluding hydrogens is 248 g/mol. The highest BCUT2D eigenvalue weighted by Gasteiger charge is 2.04. The maximum absolute atomic E-state index is 5.99. The third-order valence-corrected chi connectivity index (χ3v) is 3.18. The standard InChI is InChI=1S/C17H22N2O/c1-13-10-14(12-18-2)8-9-17(13)20-16-7-5-6-15(11-16)19(3)4/h5-11,18H,12H2,1-4H3. The van der Waals surface area contributed by atoms with E-state index in [1.165, 1.54) is 5.56 Å². The number of ether oxygens (including phenoxy) is 1. The number of nitrogens with one attached hydrogen (secondary N) is 1. The van der Waals surface area contributed by atoms with E-state index in [1.54, 1.807) is 0 Å². The molecule has 0 saturated carbocycles. The predicted octanol–water partition coefficient (Wildman–Crippen LogP) is 3.57. The quantitative estimate of drug-likeness (QED) is 0.899. The highest BCUT2D eigenvalue weighted by Crippen LogP contribution is 2.28. The van der Waals surface area contributed by atoms with Crippen LogP contribution in [0.1, 0.15) is 11.1 Å². The van der Waals surface area contributed by atoms with E-state index in [9.17, 15) is 0 Å². The molecule has 2 aromatic rings. The highest BCUT2D eigenvalue weighted by atomic mass is 16.5. The molecule has 0 radical (unpaired) electrons. The number of anilines is 1. The van der Waals surface area contributed by atoms with E-state index in [-0.39, 0.29) is 0 Å². The Kier molecular flexibility index (Phi) is 4.64. The summed E-state index contributed by atoms with van der Waals surface area (Å²) in [6, 6.07) is 14.4. The second-order valence-electron chi connectivity index (χ2n) is 5.12. The fourth-order valence-electron chi connectivity index (χ4n) is 2.09. The summed E-state index contributed by atoms with van der Waals surface area (Å²) in [5.74, 6) is 1.77. The SMILES string of the molecule is CNCc1ccc(Oc2cccc(N(C)C)c2)c(C)c1. The molecule has 0 saturated heterocycles. The number of hydrogen-bond donors (Lipinski definition) is 1. The third-order valence-electron chi connectivity index (χ3n) is 3.18. The normalized spacial score (nSPS) is 10.4. The molecule has 0 heterocycles. The van der Waals surface area contributed by atoms with Crippen LogP contribution in [0.4, 0.5) is 5.69 Å². The van der Waals surface area contributed by atoms with Crippen molar-refractivity contribution in [3.05, 3.63) is 53.6 Å². The summed E-state index contributed by atoms with van der Waals surface area (Å²) in [4.78, 5) is 2.07. The van der Waals surface area contributed by atoms with Crippen LogP contribution in [-0.2, 0) is 6.54 Å². The molecule has 3 heteroatoms. The van der Waals surface area contributed by atoms with Crippen molar-refractivity contribution in [2.45, 2.75) is 13.5 Å². The largest absolute Gasteiger partial charge is 0.457 e. The molecule has 0 aliphatic rings. The maximum atomic E-state index is 5.99. The Morgan fingerprint density at radius 2 is 1.90 bits per heavy atom. The Bertz CT molecular complexity index is 579. The lowest BCUT2D eigenvalue weighted by atomic mass is 10.1. The van der Waals surface area contributed by atoms with Crippen LogP contribution in [0.3, 0.4) is 0 Å². The van der Waals surface area contributed by atoms with Crippen LogP contribution < -0.4 is 15.0 Å². The lowest BCUT2D eigenvalue weighted by Crippen LogP contribution is -2.08. The molecule has 3 nitrogen and oxygen atoms in total. The molecule has 0 aromatic heterocycles. The van der Waals surface area contributed by atoms with Crippen molar-refractivity contribution in [1.29, 1.82) is 0 Å². The number of benzene rings is 2. The fourth-order valence-corrected chi connectivity index (χ4v) is 2.09. The molecular formula is C17H22N2O. The van der Waals surface area contributed by atoms with Gasteiger partial charge in [0, 0.05) is 32.4 Å². The van der Waals surface area contributed by atoms with E-state index < -0.39 is 0 Å². The number of hydrogen-bond acceptors (Lipinski definition) is 3. The molecule has 0 aliphatic carbocycles. The van der Waals surface area contributed by atoms with Crippen LogP contribution in [-0.4, -0.2) is 21.1 Å². The van der Waals surface area contributed by atoms with Crippen LogP contribution >= 0.6 is 0 Å². The average molecular weight is 270 g/mol. The maximum Gasteiger partial charge on any atom is 0.130 e. The van der Waals surface area contributed by atoms with Gasteiger partial charge in [0.15, 0.2) is 0 Å².